The molecule has 5 heteroatoms. The van der Waals surface area contributed by atoms with E-state index >= 15 is 0 Å². The number of benzene rings is 1. The molecular formula is C15H15FO4. The molecule has 3 unspecified atom stereocenters. The molecule has 0 aromatic heterocycles. The SMILES string of the molecule is C=CC1(Oc2cc(C(=O)O)ccc2F)CC2CCC1O2. The second kappa shape index (κ2) is 4.59. The summed E-state index contributed by atoms with van der Waals surface area (Å²) >= 11 is 0. The van der Waals surface area contributed by atoms with Crippen molar-refractivity contribution in [2.24, 2.45) is 0 Å². The van der Waals surface area contributed by atoms with Crippen LogP contribution in [0.15, 0.2) is 30.9 Å². The van der Waals surface area contributed by atoms with Crippen LogP contribution >= 0.6 is 0 Å². The third-order valence-corrected chi connectivity index (χ3v) is 4.02. The summed E-state index contributed by atoms with van der Waals surface area (Å²) in [6.45, 7) is 3.77. The summed E-state index contributed by atoms with van der Waals surface area (Å²) in [6.07, 6.45) is 4.06. The maximum atomic E-state index is 13.8. The minimum Gasteiger partial charge on any atom is -0.478 e. The maximum absolute atomic E-state index is 13.8. The molecule has 2 bridgehead atoms. The Morgan fingerprint density at radius 3 is 2.90 bits per heavy atom. The van der Waals surface area contributed by atoms with Crippen LogP contribution in [0.2, 0.25) is 0 Å². The van der Waals surface area contributed by atoms with Gasteiger partial charge in [0.05, 0.1) is 11.7 Å². The highest BCUT2D eigenvalue weighted by molar-refractivity contribution is 5.88. The van der Waals surface area contributed by atoms with Crippen LogP contribution < -0.4 is 4.74 Å². The molecule has 0 amide bonds. The fraction of sp³-hybridized carbons (Fsp3) is 0.400. The van der Waals surface area contributed by atoms with E-state index in [0.29, 0.717) is 6.42 Å². The Morgan fingerprint density at radius 1 is 1.55 bits per heavy atom. The number of carboxylic acids is 1. The summed E-state index contributed by atoms with van der Waals surface area (Å²) < 4.78 is 25.4. The molecule has 0 radical (unpaired) electrons. The number of hydrogen-bond donors (Lipinski definition) is 1. The zero-order valence-electron chi connectivity index (χ0n) is 10.8. The van der Waals surface area contributed by atoms with Crippen LogP contribution in [-0.2, 0) is 4.74 Å². The fourth-order valence-corrected chi connectivity index (χ4v) is 2.99. The molecule has 4 nitrogen and oxygen atoms in total. The molecule has 3 rings (SSSR count). The van der Waals surface area contributed by atoms with Gasteiger partial charge < -0.3 is 14.6 Å². The molecule has 0 aliphatic carbocycles. The van der Waals surface area contributed by atoms with Gasteiger partial charge in [0.1, 0.15) is 6.10 Å². The predicted molar refractivity (Wildman–Crippen MR) is 69.4 cm³/mol. The van der Waals surface area contributed by atoms with Gasteiger partial charge in [-0.25, -0.2) is 9.18 Å². The summed E-state index contributed by atoms with van der Waals surface area (Å²) in [6, 6.07) is 3.51. The number of rotatable bonds is 4. The molecule has 0 spiro atoms. The van der Waals surface area contributed by atoms with Crippen molar-refractivity contribution in [2.75, 3.05) is 0 Å². The largest absolute Gasteiger partial charge is 0.478 e. The molecule has 2 saturated heterocycles. The number of halogens is 1. The average molecular weight is 278 g/mol. The molecule has 2 aliphatic heterocycles. The Kier molecular flexibility index (Phi) is 3.01. The minimum absolute atomic E-state index is 0.00955. The maximum Gasteiger partial charge on any atom is 0.335 e. The number of ether oxygens (including phenoxy) is 2. The predicted octanol–water partition coefficient (Wildman–Crippen LogP) is 2.78. The highest BCUT2D eigenvalue weighted by atomic mass is 19.1. The number of carbonyl (C=O) groups is 1. The van der Waals surface area contributed by atoms with Crippen molar-refractivity contribution in [3.63, 3.8) is 0 Å². The van der Waals surface area contributed by atoms with Gasteiger partial charge in [-0.15, -0.1) is 0 Å². The normalized spacial score (nSPS) is 31.2. The average Bonchev–Trinajstić information content (AvgIpc) is 3.02. The molecule has 1 aromatic rings. The minimum atomic E-state index is -1.12. The third-order valence-electron chi connectivity index (χ3n) is 4.02. The van der Waals surface area contributed by atoms with E-state index in [-0.39, 0.29) is 23.5 Å². The molecule has 1 N–H and O–H groups in total. The number of fused-ring (bicyclic) bond motifs is 2. The Hall–Kier alpha value is -1.88. The first-order valence-electron chi connectivity index (χ1n) is 6.55. The van der Waals surface area contributed by atoms with Crippen molar-refractivity contribution in [1.29, 1.82) is 0 Å². The van der Waals surface area contributed by atoms with Gasteiger partial charge >= 0.3 is 5.97 Å². The van der Waals surface area contributed by atoms with Gasteiger partial charge in [0.15, 0.2) is 17.2 Å². The highest BCUT2D eigenvalue weighted by Crippen LogP contribution is 2.45. The number of carboxylic acid groups (broad SMARTS) is 1. The van der Waals surface area contributed by atoms with Crippen molar-refractivity contribution in [2.45, 2.75) is 37.1 Å². The number of aromatic carboxylic acids is 1. The zero-order valence-corrected chi connectivity index (χ0v) is 10.8. The first kappa shape index (κ1) is 13.1. The van der Waals surface area contributed by atoms with Crippen molar-refractivity contribution in [3.05, 3.63) is 42.2 Å². The van der Waals surface area contributed by atoms with E-state index in [4.69, 9.17) is 14.6 Å². The molecular weight excluding hydrogens is 263 g/mol. The van der Waals surface area contributed by atoms with Gasteiger partial charge in [-0.1, -0.05) is 6.58 Å². The lowest BCUT2D eigenvalue weighted by Gasteiger charge is -2.33. The summed E-state index contributed by atoms with van der Waals surface area (Å²) in [5.74, 6) is -1.77. The van der Waals surface area contributed by atoms with Gasteiger partial charge in [0.2, 0.25) is 0 Å². The first-order valence-corrected chi connectivity index (χ1v) is 6.55. The molecule has 1 aromatic carbocycles. The van der Waals surface area contributed by atoms with E-state index in [9.17, 15) is 9.18 Å². The smallest absolute Gasteiger partial charge is 0.335 e. The molecule has 106 valence electrons. The van der Waals surface area contributed by atoms with Gasteiger partial charge in [-0.2, -0.15) is 0 Å². The first-order chi connectivity index (χ1) is 9.54. The van der Waals surface area contributed by atoms with Gasteiger partial charge in [-0.3, -0.25) is 0 Å². The molecule has 2 fully saturated rings. The topological polar surface area (TPSA) is 55.8 Å². The molecule has 0 saturated carbocycles. The second-order valence-electron chi connectivity index (χ2n) is 5.24. The standard InChI is InChI=1S/C15H15FO4/c1-2-15(8-10-4-6-13(15)19-10)20-12-7-9(14(17)18)3-5-11(12)16/h2-3,5,7,10,13H,1,4,6,8H2,(H,17,18). The lowest BCUT2D eigenvalue weighted by molar-refractivity contribution is 0.0216. The molecule has 3 atom stereocenters. The summed E-state index contributed by atoms with van der Waals surface area (Å²) in [4.78, 5) is 11.0. The third kappa shape index (κ3) is 1.98. The van der Waals surface area contributed by atoms with E-state index in [1.54, 1.807) is 6.08 Å². The van der Waals surface area contributed by atoms with E-state index in [1.807, 2.05) is 0 Å². The van der Waals surface area contributed by atoms with Gasteiger partial charge in [0.25, 0.3) is 0 Å². The van der Waals surface area contributed by atoms with Crippen LogP contribution in [0.25, 0.3) is 0 Å². The summed E-state index contributed by atoms with van der Waals surface area (Å²) in [7, 11) is 0. The Labute approximate surface area is 115 Å². The Morgan fingerprint density at radius 2 is 2.35 bits per heavy atom. The zero-order chi connectivity index (χ0) is 14.3. The van der Waals surface area contributed by atoms with Crippen molar-refractivity contribution in [3.8, 4) is 5.75 Å². The van der Waals surface area contributed by atoms with E-state index in [1.165, 1.54) is 12.1 Å². The van der Waals surface area contributed by atoms with Crippen molar-refractivity contribution >= 4 is 5.97 Å². The second-order valence-corrected chi connectivity index (χ2v) is 5.24. The molecule has 2 aliphatic rings. The van der Waals surface area contributed by atoms with E-state index in [0.717, 1.165) is 18.9 Å². The van der Waals surface area contributed by atoms with Crippen molar-refractivity contribution in [1.82, 2.24) is 0 Å². The van der Waals surface area contributed by atoms with Crippen LogP contribution in [0, 0.1) is 5.82 Å². The number of hydrogen-bond acceptors (Lipinski definition) is 3. The Bertz CT molecular complexity index is 571. The quantitative estimate of drug-likeness (QED) is 0.860. The van der Waals surface area contributed by atoms with Crippen LogP contribution in [0.4, 0.5) is 4.39 Å². The van der Waals surface area contributed by atoms with Gasteiger partial charge in [-0.05, 0) is 37.1 Å². The summed E-state index contributed by atoms with van der Waals surface area (Å²) in [5, 5.41) is 8.96. The van der Waals surface area contributed by atoms with E-state index < -0.39 is 17.4 Å². The lowest BCUT2D eigenvalue weighted by Crippen LogP contribution is -2.43. The van der Waals surface area contributed by atoms with Crippen LogP contribution in [0.5, 0.6) is 5.75 Å². The summed E-state index contributed by atoms with van der Waals surface area (Å²) in [5.41, 5.74) is -0.773. The van der Waals surface area contributed by atoms with Crippen LogP contribution in [0.3, 0.4) is 0 Å². The fourth-order valence-electron chi connectivity index (χ4n) is 2.99. The van der Waals surface area contributed by atoms with Crippen molar-refractivity contribution < 1.29 is 23.8 Å². The molecule has 2 heterocycles. The Balaban J connectivity index is 1.92. The highest BCUT2D eigenvalue weighted by Gasteiger charge is 2.53. The van der Waals surface area contributed by atoms with Crippen LogP contribution in [0.1, 0.15) is 29.6 Å². The van der Waals surface area contributed by atoms with Gasteiger partial charge in [0, 0.05) is 6.42 Å². The lowest BCUT2D eigenvalue weighted by atomic mass is 9.84. The van der Waals surface area contributed by atoms with E-state index in [2.05, 4.69) is 6.58 Å². The monoisotopic (exact) mass is 278 g/mol. The molecule has 20 heavy (non-hydrogen) atoms. The van der Waals surface area contributed by atoms with Crippen LogP contribution in [-0.4, -0.2) is 28.9 Å².